The van der Waals surface area contributed by atoms with E-state index in [4.69, 9.17) is 9.15 Å². The first-order chi connectivity index (χ1) is 13.8. The van der Waals surface area contributed by atoms with Gasteiger partial charge >= 0.3 is 5.97 Å². The van der Waals surface area contributed by atoms with Crippen LogP contribution in [0.3, 0.4) is 0 Å². The normalized spacial score (nSPS) is 10.4. The predicted octanol–water partition coefficient (Wildman–Crippen LogP) is 3.93. The third-order valence-corrected chi connectivity index (χ3v) is 3.71. The minimum absolute atomic E-state index is 0.0966. The van der Waals surface area contributed by atoms with Gasteiger partial charge in [0.2, 0.25) is 5.76 Å². The topological polar surface area (TPSA) is 112 Å². The Kier molecular flexibility index (Phi) is 5.63. The maximum absolute atomic E-state index is 13.5. The smallest absolute Gasteiger partial charge is 0.374 e. The number of nitro benzene ring substituents is 1. The van der Waals surface area contributed by atoms with Crippen molar-refractivity contribution in [3.63, 3.8) is 0 Å². The molecule has 1 N–H and O–H groups in total. The fourth-order valence-corrected chi connectivity index (χ4v) is 2.33. The van der Waals surface area contributed by atoms with Crippen LogP contribution in [-0.4, -0.2) is 23.4 Å². The fraction of sp³-hybridized carbons (Fsp3) is 0.0526. The molecule has 0 saturated heterocycles. The van der Waals surface area contributed by atoms with E-state index in [1.165, 1.54) is 36.4 Å². The van der Waals surface area contributed by atoms with Gasteiger partial charge in [0.1, 0.15) is 17.4 Å². The van der Waals surface area contributed by atoms with Crippen molar-refractivity contribution in [2.45, 2.75) is 0 Å². The summed E-state index contributed by atoms with van der Waals surface area (Å²) >= 11 is 0. The molecule has 2 aromatic carbocycles. The second-order valence-corrected chi connectivity index (χ2v) is 5.72. The maximum atomic E-state index is 13.5. The molecule has 0 aliphatic carbocycles. The molecule has 0 spiro atoms. The lowest BCUT2D eigenvalue weighted by Gasteiger charge is -2.07. The molecule has 10 heteroatoms. The van der Waals surface area contributed by atoms with Gasteiger partial charge in [-0.2, -0.15) is 0 Å². The van der Waals surface area contributed by atoms with E-state index >= 15 is 0 Å². The number of furan rings is 1. The number of anilines is 1. The quantitative estimate of drug-likeness (QED) is 0.380. The first-order valence-electron chi connectivity index (χ1n) is 8.10. The molecular weight excluding hydrogens is 390 g/mol. The minimum Gasteiger partial charge on any atom is -0.450 e. The molecule has 0 aliphatic heterocycles. The molecule has 0 bridgehead atoms. The zero-order valence-electron chi connectivity index (χ0n) is 14.6. The Balaban J connectivity index is 1.59. The van der Waals surface area contributed by atoms with Crippen molar-refractivity contribution in [1.82, 2.24) is 0 Å². The Morgan fingerprint density at radius 3 is 2.48 bits per heavy atom. The van der Waals surface area contributed by atoms with Crippen molar-refractivity contribution in [3.8, 4) is 11.3 Å². The number of ether oxygens (including phenoxy) is 1. The zero-order chi connectivity index (χ0) is 21.0. The molecule has 1 amide bonds. The molecule has 1 aromatic heterocycles. The minimum atomic E-state index is -0.951. The van der Waals surface area contributed by atoms with Gasteiger partial charge in [0.15, 0.2) is 6.61 Å². The van der Waals surface area contributed by atoms with Crippen LogP contribution in [0, 0.1) is 21.7 Å². The highest BCUT2D eigenvalue weighted by Crippen LogP contribution is 2.25. The molecule has 148 valence electrons. The summed E-state index contributed by atoms with van der Waals surface area (Å²) < 4.78 is 36.7. The van der Waals surface area contributed by atoms with Crippen LogP contribution in [0.2, 0.25) is 0 Å². The number of non-ortho nitro benzene ring substituents is 1. The van der Waals surface area contributed by atoms with Gasteiger partial charge in [-0.1, -0.05) is 0 Å². The molecule has 1 heterocycles. The largest absolute Gasteiger partial charge is 0.450 e. The van der Waals surface area contributed by atoms with Gasteiger partial charge in [-0.15, -0.1) is 0 Å². The van der Waals surface area contributed by atoms with Crippen molar-refractivity contribution in [2.24, 2.45) is 0 Å². The standard InChI is InChI=1S/C19H12F2N2O6/c20-12-3-6-14(21)15(9-12)22-18(24)10-28-19(25)17-8-7-16(29-17)11-1-4-13(5-2-11)23(26)27/h1-9H,10H2,(H,22,24). The van der Waals surface area contributed by atoms with Crippen molar-refractivity contribution in [2.75, 3.05) is 11.9 Å². The van der Waals surface area contributed by atoms with E-state index in [2.05, 4.69) is 5.32 Å². The van der Waals surface area contributed by atoms with Crippen molar-refractivity contribution < 1.29 is 32.4 Å². The molecule has 0 fully saturated rings. The Bertz CT molecular complexity index is 1080. The molecule has 0 radical (unpaired) electrons. The number of carbonyl (C=O) groups excluding carboxylic acids is 2. The number of nitro groups is 1. The number of nitrogens with zero attached hydrogens (tertiary/aromatic N) is 1. The molecular formula is C19H12F2N2O6. The SMILES string of the molecule is O=C(COC(=O)c1ccc(-c2ccc([N+](=O)[O-])cc2)o1)Nc1cc(F)ccc1F. The number of hydrogen-bond donors (Lipinski definition) is 1. The third kappa shape index (κ3) is 4.80. The lowest BCUT2D eigenvalue weighted by molar-refractivity contribution is -0.384. The van der Waals surface area contributed by atoms with Gasteiger partial charge in [0.25, 0.3) is 11.6 Å². The highest BCUT2D eigenvalue weighted by molar-refractivity contribution is 5.94. The number of halogens is 2. The van der Waals surface area contributed by atoms with Crippen LogP contribution < -0.4 is 5.32 Å². The van der Waals surface area contributed by atoms with Crippen LogP contribution in [0.15, 0.2) is 59.0 Å². The second kappa shape index (κ2) is 8.30. The van der Waals surface area contributed by atoms with E-state index in [-0.39, 0.29) is 22.9 Å². The Hall–Kier alpha value is -4.08. The monoisotopic (exact) mass is 402 g/mol. The van der Waals surface area contributed by atoms with E-state index in [0.717, 1.165) is 18.2 Å². The van der Waals surface area contributed by atoms with E-state index in [9.17, 15) is 28.5 Å². The summed E-state index contributed by atoms with van der Waals surface area (Å²) in [7, 11) is 0. The lowest BCUT2D eigenvalue weighted by Crippen LogP contribution is -2.21. The van der Waals surface area contributed by atoms with Gasteiger partial charge in [-0.3, -0.25) is 14.9 Å². The first kappa shape index (κ1) is 19.7. The zero-order valence-corrected chi connectivity index (χ0v) is 14.6. The van der Waals surface area contributed by atoms with E-state index < -0.39 is 35.0 Å². The van der Waals surface area contributed by atoms with Crippen LogP contribution in [0.1, 0.15) is 10.6 Å². The summed E-state index contributed by atoms with van der Waals surface area (Å²) in [5.74, 6) is -3.35. The number of amides is 1. The molecule has 0 unspecified atom stereocenters. The van der Waals surface area contributed by atoms with E-state index in [0.29, 0.717) is 5.56 Å². The van der Waals surface area contributed by atoms with Gasteiger partial charge in [0, 0.05) is 23.8 Å². The van der Waals surface area contributed by atoms with Crippen molar-refractivity contribution in [3.05, 3.63) is 82.1 Å². The highest BCUT2D eigenvalue weighted by atomic mass is 19.1. The van der Waals surface area contributed by atoms with Crippen molar-refractivity contribution >= 4 is 23.3 Å². The van der Waals surface area contributed by atoms with Crippen LogP contribution in [0.25, 0.3) is 11.3 Å². The first-order valence-corrected chi connectivity index (χ1v) is 8.10. The number of carbonyl (C=O) groups is 2. The van der Waals surface area contributed by atoms with E-state index in [1.54, 1.807) is 0 Å². The molecule has 0 aliphatic rings. The highest BCUT2D eigenvalue weighted by Gasteiger charge is 2.17. The predicted molar refractivity (Wildman–Crippen MR) is 96.1 cm³/mol. The Labute approximate surface area is 161 Å². The van der Waals surface area contributed by atoms with Gasteiger partial charge in [-0.25, -0.2) is 13.6 Å². The molecule has 0 saturated carbocycles. The Morgan fingerprint density at radius 2 is 1.79 bits per heavy atom. The molecule has 3 rings (SSSR count). The summed E-state index contributed by atoms with van der Waals surface area (Å²) in [6.07, 6.45) is 0. The summed E-state index contributed by atoms with van der Waals surface area (Å²) in [6.45, 7) is -0.748. The van der Waals surface area contributed by atoms with E-state index in [1.807, 2.05) is 0 Å². The lowest BCUT2D eigenvalue weighted by atomic mass is 10.1. The summed E-state index contributed by atoms with van der Waals surface area (Å²) in [5.41, 5.74) is 0.0131. The van der Waals surface area contributed by atoms with Crippen molar-refractivity contribution in [1.29, 1.82) is 0 Å². The second-order valence-electron chi connectivity index (χ2n) is 5.72. The maximum Gasteiger partial charge on any atom is 0.374 e. The van der Waals surface area contributed by atoms with Crippen LogP contribution >= 0.6 is 0 Å². The number of rotatable bonds is 6. The number of nitrogens with one attached hydrogen (secondary N) is 1. The van der Waals surface area contributed by atoms with Crippen LogP contribution in [-0.2, 0) is 9.53 Å². The van der Waals surface area contributed by atoms with Gasteiger partial charge in [0.05, 0.1) is 10.6 Å². The number of esters is 1. The molecule has 8 nitrogen and oxygen atoms in total. The van der Waals surface area contributed by atoms with Crippen LogP contribution in [0.4, 0.5) is 20.2 Å². The summed E-state index contributed by atoms with van der Waals surface area (Å²) in [6, 6.07) is 10.8. The molecule has 0 atom stereocenters. The Morgan fingerprint density at radius 1 is 1.07 bits per heavy atom. The van der Waals surface area contributed by atoms with Gasteiger partial charge in [-0.05, 0) is 36.4 Å². The van der Waals surface area contributed by atoms with Crippen LogP contribution in [0.5, 0.6) is 0 Å². The average Bonchev–Trinajstić information content (AvgIpc) is 3.19. The molecule has 29 heavy (non-hydrogen) atoms. The number of benzene rings is 2. The fourth-order valence-electron chi connectivity index (χ4n) is 2.33. The summed E-state index contributed by atoms with van der Waals surface area (Å²) in [5, 5.41) is 12.8. The van der Waals surface area contributed by atoms with Gasteiger partial charge < -0.3 is 14.5 Å². The molecule has 3 aromatic rings. The summed E-state index contributed by atoms with van der Waals surface area (Å²) in [4.78, 5) is 33.9. The third-order valence-electron chi connectivity index (χ3n) is 3.71. The number of hydrogen-bond acceptors (Lipinski definition) is 6. The average molecular weight is 402 g/mol.